The van der Waals surface area contributed by atoms with Crippen molar-refractivity contribution in [1.29, 1.82) is 0 Å². The summed E-state index contributed by atoms with van der Waals surface area (Å²) >= 11 is 0. The van der Waals surface area contributed by atoms with Crippen molar-refractivity contribution in [3.63, 3.8) is 0 Å². The Morgan fingerprint density at radius 2 is 1.16 bits per heavy atom. The van der Waals surface area contributed by atoms with Crippen LogP contribution in [0.3, 0.4) is 0 Å². The quantitative estimate of drug-likeness (QED) is 0.324. The number of carbonyl (C=O) groups excluding carboxylic acids is 2. The first kappa shape index (κ1) is 27.5. The van der Waals surface area contributed by atoms with Crippen LogP contribution in [0.2, 0.25) is 0 Å². The summed E-state index contributed by atoms with van der Waals surface area (Å²) in [5, 5.41) is 0. The van der Waals surface area contributed by atoms with Gasteiger partial charge in [-0.05, 0) is 31.6 Å². The average molecular weight is 435 g/mol. The van der Waals surface area contributed by atoms with Gasteiger partial charge in [-0.3, -0.25) is 0 Å². The molecule has 2 rings (SSSR count). The van der Waals surface area contributed by atoms with Gasteiger partial charge >= 0.3 is 11.9 Å². The third-order valence-corrected chi connectivity index (χ3v) is 6.72. The molecule has 2 fully saturated rings. The SMILES string of the molecule is C=C(CC1CCCCCCC1)C(=O)OC.COC(=O)C(C)=CCC1CCCCCCC1. The van der Waals surface area contributed by atoms with Crippen molar-refractivity contribution >= 4 is 11.9 Å². The zero-order valence-corrected chi connectivity index (χ0v) is 20.4. The van der Waals surface area contributed by atoms with Crippen LogP contribution in [0.5, 0.6) is 0 Å². The van der Waals surface area contributed by atoms with Gasteiger partial charge in [0.05, 0.1) is 14.2 Å². The maximum Gasteiger partial charge on any atom is 0.333 e. The van der Waals surface area contributed by atoms with E-state index in [0.29, 0.717) is 11.5 Å². The summed E-state index contributed by atoms with van der Waals surface area (Å²) in [4.78, 5) is 22.4. The zero-order valence-electron chi connectivity index (χ0n) is 20.4. The van der Waals surface area contributed by atoms with E-state index in [1.807, 2.05) is 6.92 Å². The number of ether oxygens (including phenoxy) is 2. The highest BCUT2D eigenvalue weighted by atomic mass is 16.5. The summed E-state index contributed by atoms with van der Waals surface area (Å²) in [6.07, 6.45) is 22.6. The predicted molar refractivity (Wildman–Crippen MR) is 128 cm³/mol. The molecule has 2 aliphatic carbocycles. The minimum Gasteiger partial charge on any atom is -0.466 e. The third-order valence-electron chi connectivity index (χ3n) is 6.72. The Hall–Kier alpha value is -1.58. The van der Waals surface area contributed by atoms with Crippen molar-refractivity contribution < 1.29 is 19.1 Å². The second-order valence-corrected chi connectivity index (χ2v) is 9.34. The molecule has 0 saturated heterocycles. The molecule has 31 heavy (non-hydrogen) atoms. The molecule has 4 heteroatoms. The number of esters is 2. The van der Waals surface area contributed by atoms with Crippen LogP contribution in [0.15, 0.2) is 23.8 Å². The Labute approximate surface area is 190 Å². The number of hydrogen-bond acceptors (Lipinski definition) is 4. The van der Waals surface area contributed by atoms with Crippen LogP contribution in [0.4, 0.5) is 0 Å². The first-order chi connectivity index (χ1) is 15.0. The van der Waals surface area contributed by atoms with Gasteiger partial charge in [0.2, 0.25) is 0 Å². The normalized spacial score (nSPS) is 19.5. The van der Waals surface area contributed by atoms with Crippen LogP contribution < -0.4 is 0 Å². The molecule has 0 atom stereocenters. The fourth-order valence-electron chi connectivity index (χ4n) is 4.69. The van der Waals surface area contributed by atoms with Gasteiger partial charge in [-0.25, -0.2) is 9.59 Å². The van der Waals surface area contributed by atoms with Crippen molar-refractivity contribution in [2.45, 2.75) is 110 Å². The van der Waals surface area contributed by atoms with E-state index in [-0.39, 0.29) is 11.9 Å². The Morgan fingerprint density at radius 3 is 1.61 bits per heavy atom. The predicted octanol–water partition coefficient (Wildman–Crippen LogP) is 7.32. The monoisotopic (exact) mass is 434 g/mol. The van der Waals surface area contributed by atoms with Gasteiger partial charge < -0.3 is 9.47 Å². The molecular weight excluding hydrogens is 388 g/mol. The summed E-state index contributed by atoms with van der Waals surface area (Å²) in [7, 11) is 2.86. The topological polar surface area (TPSA) is 52.6 Å². The largest absolute Gasteiger partial charge is 0.466 e. The first-order valence-corrected chi connectivity index (χ1v) is 12.5. The van der Waals surface area contributed by atoms with Crippen molar-refractivity contribution in [3.05, 3.63) is 23.8 Å². The summed E-state index contributed by atoms with van der Waals surface area (Å²) in [5.74, 6) is 1.000. The van der Waals surface area contributed by atoms with Crippen LogP contribution in [0.25, 0.3) is 0 Å². The lowest BCUT2D eigenvalue weighted by Crippen LogP contribution is -2.10. The van der Waals surface area contributed by atoms with Gasteiger partial charge in [-0.15, -0.1) is 0 Å². The molecule has 0 unspecified atom stereocenters. The van der Waals surface area contributed by atoms with E-state index in [9.17, 15) is 9.59 Å². The molecule has 2 saturated carbocycles. The van der Waals surface area contributed by atoms with E-state index in [1.54, 1.807) is 0 Å². The number of methoxy groups -OCH3 is 2. The molecule has 0 aromatic rings. The fraction of sp³-hybridized carbons (Fsp3) is 0.778. The highest BCUT2D eigenvalue weighted by molar-refractivity contribution is 5.87. The minimum atomic E-state index is -0.239. The van der Waals surface area contributed by atoms with Crippen LogP contribution in [-0.4, -0.2) is 26.2 Å². The minimum absolute atomic E-state index is 0.189. The number of hydrogen-bond donors (Lipinski definition) is 0. The van der Waals surface area contributed by atoms with Gasteiger partial charge in [-0.1, -0.05) is 103 Å². The number of rotatable bonds is 6. The summed E-state index contributed by atoms with van der Waals surface area (Å²) < 4.78 is 9.36. The molecule has 0 heterocycles. The highest BCUT2D eigenvalue weighted by Crippen LogP contribution is 2.27. The average Bonchev–Trinajstić information content (AvgIpc) is 2.73. The second kappa shape index (κ2) is 17.0. The number of allylic oxidation sites excluding steroid dienone is 1. The van der Waals surface area contributed by atoms with Gasteiger partial charge in [0.25, 0.3) is 0 Å². The Bertz CT molecular complexity index is 548. The summed E-state index contributed by atoms with van der Waals surface area (Å²) in [5.41, 5.74) is 1.40. The Morgan fingerprint density at radius 1 is 0.742 bits per heavy atom. The number of carbonyl (C=O) groups is 2. The highest BCUT2D eigenvalue weighted by Gasteiger charge is 2.16. The van der Waals surface area contributed by atoms with Gasteiger partial charge in [0, 0.05) is 11.1 Å². The van der Waals surface area contributed by atoms with Crippen molar-refractivity contribution in [2.75, 3.05) is 14.2 Å². The van der Waals surface area contributed by atoms with Crippen molar-refractivity contribution in [1.82, 2.24) is 0 Å². The Kier molecular flexibility index (Phi) is 15.1. The smallest absolute Gasteiger partial charge is 0.333 e. The standard InChI is InChI=1S/C14H24O2.C13H22O2/c1-12(14(15)16-2)10-11-13-8-6-4-3-5-7-9-13;1-11(13(14)15-2)10-12-8-6-4-3-5-7-9-12/h10,13H,3-9,11H2,1-2H3;12H,1,3-10H2,2H3. The van der Waals surface area contributed by atoms with Crippen molar-refractivity contribution in [2.24, 2.45) is 11.8 Å². The first-order valence-electron chi connectivity index (χ1n) is 12.5. The van der Waals surface area contributed by atoms with E-state index in [4.69, 9.17) is 0 Å². The molecular formula is C27H46O4. The van der Waals surface area contributed by atoms with Gasteiger partial charge in [0.15, 0.2) is 0 Å². The molecule has 0 radical (unpaired) electrons. The van der Waals surface area contributed by atoms with Gasteiger partial charge in [0.1, 0.15) is 0 Å². The molecule has 0 N–H and O–H groups in total. The van der Waals surface area contributed by atoms with Crippen LogP contribution in [0.1, 0.15) is 110 Å². The molecule has 0 spiro atoms. The van der Waals surface area contributed by atoms with Crippen LogP contribution in [-0.2, 0) is 19.1 Å². The summed E-state index contributed by atoms with van der Waals surface area (Å²) in [6, 6.07) is 0. The molecule has 4 nitrogen and oxygen atoms in total. The lowest BCUT2D eigenvalue weighted by atomic mass is 9.87. The zero-order chi connectivity index (χ0) is 22.9. The van der Waals surface area contributed by atoms with E-state index in [1.165, 1.54) is 104 Å². The molecule has 0 aliphatic heterocycles. The third kappa shape index (κ3) is 12.8. The molecule has 178 valence electrons. The molecule has 0 bridgehead atoms. The van der Waals surface area contributed by atoms with Crippen LogP contribution in [0, 0.1) is 11.8 Å². The van der Waals surface area contributed by atoms with E-state index < -0.39 is 0 Å². The van der Waals surface area contributed by atoms with E-state index in [2.05, 4.69) is 22.1 Å². The van der Waals surface area contributed by atoms with Crippen molar-refractivity contribution in [3.8, 4) is 0 Å². The molecule has 2 aliphatic rings. The van der Waals surface area contributed by atoms with E-state index >= 15 is 0 Å². The van der Waals surface area contributed by atoms with Gasteiger partial charge in [-0.2, -0.15) is 0 Å². The summed E-state index contributed by atoms with van der Waals surface area (Å²) in [6.45, 7) is 5.64. The lowest BCUT2D eigenvalue weighted by molar-refractivity contribution is -0.137. The van der Waals surface area contributed by atoms with E-state index in [0.717, 1.165) is 24.3 Å². The van der Waals surface area contributed by atoms with Crippen LogP contribution >= 0.6 is 0 Å². The fourth-order valence-corrected chi connectivity index (χ4v) is 4.69. The second-order valence-electron chi connectivity index (χ2n) is 9.34. The lowest BCUT2D eigenvalue weighted by Gasteiger charge is -2.19. The Balaban J connectivity index is 0.000000311. The maximum absolute atomic E-state index is 11.2. The molecule has 0 amide bonds. The maximum atomic E-state index is 11.2. The molecule has 0 aromatic carbocycles. The molecule has 0 aromatic heterocycles.